The number of hydrogen-bond acceptors (Lipinski definition) is 5. The Kier molecular flexibility index (Phi) is 7.86. The summed E-state index contributed by atoms with van der Waals surface area (Å²) in [5.41, 5.74) is 0.509. The molecule has 0 aliphatic rings. The van der Waals surface area contributed by atoms with E-state index in [4.69, 9.17) is 0 Å². The highest BCUT2D eigenvalue weighted by Crippen LogP contribution is 2.10. The maximum absolute atomic E-state index is 12.5. The third-order valence-corrected chi connectivity index (χ3v) is 3.72. The highest BCUT2D eigenvalue weighted by atomic mass is 127. The van der Waals surface area contributed by atoms with Gasteiger partial charge in [-0.3, -0.25) is 14.4 Å². The number of hydrogen-bond donors (Lipinski definition) is 0. The van der Waals surface area contributed by atoms with Crippen molar-refractivity contribution < 1.29 is 23.9 Å². The Hall–Kier alpha value is -1.64. The van der Waals surface area contributed by atoms with E-state index < -0.39 is 11.9 Å². The fourth-order valence-electron chi connectivity index (χ4n) is 1.75. The number of benzene rings is 1. The van der Waals surface area contributed by atoms with E-state index >= 15 is 0 Å². The molecule has 0 fully saturated rings. The van der Waals surface area contributed by atoms with Gasteiger partial charge in [0.1, 0.15) is 0 Å². The molecule has 0 spiro atoms. The quantitative estimate of drug-likeness (QED) is 0.499. The molecule has 0 bridgehead atoms. The molecule has 0 aliphatic carbocycles. The standard InChI is InChI=1S/C15H18INO5/c1-21-13(18)7-9-17(10-8-14(19)22-2)15(20)11-3-5-12(16)6-4-11/h3-6H,7-10H2,1-2H3. The molecule has 0 N–H and O–H groups in total. The van der Waals surface area contributed by atoms with Gasteiger partial charge >= 0.3 is 11.9 Å². The second kappa shape index (κ2) is 9.39. The molecule has 0 unspecified atom stereocenters. The van der Waals surface area contributed by atoms with Crippen LogP contribution in [0.25, 0.3) is 0 Å². The summed E-state index contributed by atoms with van der Waals surface area (Å²) in [6, 6.07) is 7.08. The van der Waals surface area contributed by atoms with Crippen LogP contribution in [-0.2, 0) is 19.1 Å². The number of ether oxygens (including phenoxy) is 2. The van der Waals surface area contributed by atoms with Gasteiger partial charge in [-0.1, -0.05) is 0 Å². The second-order valence-electron chi connectivity index (χ2n) is 4.45. The Morgan fingerprint density at radius 2 is 1.41 bits per heavy atom. The van der Waals surface area contributed by atoms with Crippen molar-refractivity contribution in [3.05, 3.63) is 33.4 Å². The van der Waals surface area contributed by atoms with Crippen molar-refractivity contribution in [3.8, 4) is 0 Å². The smallest absolute Gasteiger partial charge is 0.307 e. The lowest BCUT2D eigenvalue weighted by atomic mass is 10.2. The lowest BCUT2D eigenvalue weighted by molar-refractivity contribution is -0.140. The van der Waals surface area contributed by atoms with Crippen molar-refractivity contribution >= 4 is 40.4 Å². The zero-order chi connectivity index (χ0) is 16.5. The molecular weight excluding hydrogens is 401 g/mol. The average Bonchev–Trinajstić information content (AvgIpc) is 2.54. The van der Waals surface area contributed by atoms with Gasteiger partial charge in [0, 0.05) is 22.2 Å². The van der Waals surface area contributed by atoms with Crippen molar-refractivity contribution in [2.45, 2.75) is 12.8 Å². The van der Waals surface area contributed by atoms with Crippen LogP contribution in [0, 0.1) is 3.57 Å². The average molecular weight is 419 g/mol. The maximum atomic E-state index is 12.5. The molecule has 7 heteroatoms. The molecule has 120 valence electrons. The van der Waals surface area contributed by atoms with Crippen LogP contribution >= 0.6 is 22.6 Å². The van der Waals surface area contributed by atoms with Crippen molar-refractivity contribution in [1.29, 1.82) is 0 Å². The van der Waals surface area contributed by atoms with Gasteiger partial charge in [0.25, 0.3) is 5.91 Å². The summed E-state index contributed by atoms with van der Waals surface area (Å²) < 4.78 is 10.2. The number of esters is 2. The summed E-state index contributed by atoms with van der Waals surface area (Å²) in [7, 11) is 2.59. The molecule has 22 heavy (non-hydrogen) atoms. The van der Waals surface area contributed by atoms with E-state index in [-0.39, 0.29) is 31.8 Å². The van der Waals surface area contributed by atoms with E-state index in [1.165, 1.54) is 19.1 Å². The topological polar surface area (TPSA) is 72.9 Å². The highest BCUT2D eigenvalue weighted by molar-refractivity contribution is 14.1. The molecule has 1 amide bonds. The van der Waals surface area contributed by atoms with E-state index in [2.05, 4.69) is 32.1 Å². The second-order valence-corrected chi connectivity index (χ2v) is 5.70. The van der Waals surface area contributed by atoms with Gasteiger partial charge in [0.15, 0.2) is 0 Å². The van der Waals surface area contributed by atoms with Gasteiger partial charge in [-0.2, -0.15) is 0 Å². The highest BCUT2D eigenvalue weighted by Gasteiger charge is 2.18. The van der Waals surface area contributed by atoms with E-state index in [0.29, 0.717) is 5.56 Å². The monoisotopic (exact) mass is 419 g/mol. The van der Waals surface area contributed by atoms with Gasteiger partial charge in [-0.15, -0.1) is 0 Å². The normalized spacial score (nSPS) is 9.95. The number of rotatable bonds is 7. The van der Waals surface area contributed by atoms with Gasteiger partial charge in [0.05, 0.1) is 27.1 Å². The summed E-state index contributed by atoms with van der Waals surface area (Å²) in [6.07, 6.45) is 0.154. The van der Waals surface area contributed by atoms with Gasteiger partial charge in [0.2, 0.25) is 0 Å². The summed E-state index contributed by atoms with van der Waals surface area (Å²) in [6.45, 7) is 0.378. The largest absolute Gasteiger partial charge is 0.469 e. The fourth-order valence-corrected chi connectivity index (χ4v) is 2.11. The first-order valence-corrected chi connectivity index (χ1v) is 7.74. The molecule has 0 atom stereocenters. The Morgan fingerprint density at radius 1 is 0.955 bits per heavy atom. The Balaban J connectivity index is 2.77. The van der Waals surface area contributed by atoms with Crippen LogP contribution in [0.1, 0.15) is 23.2 Å². The van der Waals surface area contributed by atoms with Crippen LogP contribution in [0.2, 0.25) is 0 Å². The van der Waals surface area contributed by atoms with Crippen LogP contribution in [-0.4, -0.2) is 50.1 Å². The summed E-state index contributed by atoms with van der Waals surface area (Å²) >= 11 is 2.15. The summed E-state index contributed by atoms with van der Waals surface area (Å²) in [5, 5.41) is 0. The van der Waals surface area contributed by atoms with E-state index in [1.54, 1.807) is 12.1 Å². The lowest BCUT2D eigenvalue weighted by Crippen LogP contribution is -2.35. The molecule has 1 aromatic rings. The minimum absolute atomic E-state index is 0.0772. The molecule has 0 saturated carbocycles. The molecule has 0 radical (unpaired) electrons. The minimum atomic E-state index is -0.404. The molecule has 1 aromatic carbocycles. The molecule has 0 saturated heterocycles. The predicted octanol–water partition coefficient (Wildman–Crippen LogP) is 1.86. The number of amides is 1. The first-order chi connectivity index (χ1) is 10.5. The lowest BCUT2D eigenvalue weighted by Gasteiger charge is -2.22. The third kappa shape index (κ3) is 6.00. The molecule has 6 nitrogen and oxygen atoms in total. The Labute approximate surface area is 142 Å². The molecule has 0 aliphatic heterocycles. The first kappa shape index (κ1) is 18.4. The first-order valence-electron chi connectivity index (χ1n) is 6.66. The van der Waals surface area contributed by atoms with E-state index in [1.807, 2.05) is 12.1 Å². The van der Waals surface area contributed by atoms with Gasteiger partial charge < -0.3 is 14.4 Å². The predicted molar refractivity (Wildman–Crippen MR) is 88.3 cm³/mol. The van der Waals surface area contributed by atoms with Gasteiger partial charge in [-0.05, 0) is 46.9 Å². The zero-order valence-corrected chi connectivity index (χ0v) is 14.7. The zero-order valence-electron chi connectivity index (χ0n) is 12.5. The number of halogens is 1. The van der Waals surface area contributed by atoms with Crippen molar-refractivity contribution in [2.24, 2.45) is 0 Å². The summed E-state index contributed by atoms with van der Waals surface area (Å²) in [5.74, 6) is -1.04. The van der Waals surface area contributed by atoms with E-state index in [9.17, 15) is 14.4 Å². The van der Waals surface area contributed by atoms with Crippen molar-refractivity contribution in [2.75, 3.05) is 27.3 Å². The number of methoxy groups -OCH3 is 2. The SMILES string of the molecule is COC(=O)CCN(CCC(=O)OC)C(=O)c1ccc(I)cc1. The molecule has 1 rings (SSSR count). The third-order valence-electron chi connectivity index (χ3n) is 3.01. The maximum Gasteiger partial charge on any atom is 0.307 e. The van der Waals surface area contributed by atoms with Crippen LogP contribution < -0.4 is 0 Å². The van der Waals surface area contributed by atoms with Crippen LogP contribution in [0.5, 0.6) is 0 Å². The minimum Gasteiger partial charge on any atom is -0.469 e. The Morgan fingerprint density at radius 3 is 1.82 bits per heavy atom. The van der Waals surface area contributed by atoms with Crippen molar-refractivity contribution in [3.63, 3.8) is 0 Å². The van der Waals surface area contributed by atoms with Gasteiger partial charge in [-0.25, -0.2) is 0 Å². The fraction of sp³-hybridized carbons (Fsp3) is 0.400. The van der Waals surface area contributed by atoms with Crippen LogP contribution in [0.15, 0.2) is 24.3 Å². The summed E-state index contributed by atoms with van der Waals surface area (Å²) in [4.78, 5) is 36.5. The molecular formula is C15H18INO5. The number of nitrogens with zero attached hydrogens (tertiary/aromatic N) is 1. The van der Waals surface area contributed by atoms with Crippen LogP contribution in [0.4, 0.5) is 0 Å². The molecule has 0 aromatic heterocycles. The van der Waals surface area contributed by atoms with E-state index in [0.717, 1.165) is 3.57 Å². The number of carbonyl (C=O) groups excluding carboxylic acids is 3. The number of carbonyl (C=O) groups is 3. The molecule has 0 heterocycles. The van der Waals surface area contributed by atoms with Crippen molar-refractivity contribution in [1.82, 2.24) is 4.90 Å². The Bertz CT molecular complexity index is 509. The van der Waals surface area contributed by atoms with Crippen LogP contribution in [0.3, 0.4) is 0 Å².